The second kappa shape index (κ2) is 13.6. The number of carbonyl (C=O) groups is 3. The topological polar surface area (TPSA) is 108 Å². The van der Waals surface area contributed by atoms with Crippen LogP contribution in [0.15, 0.2) is 95.2 Å². The highest BCUT2D eigenvalue weighted by Gasteiger charge is 2.34. The molecular formula is C31H25Cl2N3O4S2. The Labute approximate surface area is 261 Å². The Kier molecular flexibility index (Phi) is 9.64. The van der Waals surface area contributed by atoms with E-state index in [2.05, 4.69) is 15.6 Å². The minimum atomic E-state index is -0.972. The van der Waals surface area contributed by atoms with Gasteiger partial charge in [-0.1, -0.05) is 71.8 Å². The maximum atomic E-state index is 13.5. The van der Waals surface area contributed by atoms with Gasteiger partial charge in [0.15, 0.2) is 5.13 Å². The second-order valence-electron chi connectivity index (χ2n) is 9.57. The van der Waals surface area contributed by atoms with E-state index in [1.165, 1.54) is 23.1 Å². The molecule has 3 atom stereocenters. The Bertz CT molecular complexity index is 1630. The van der Waals surface area contributed by atoms with E-state index in [9.17, 15) is 19.5 Å². The maximum Gasteiger partial charge on any atom is 0.307 e. The van der Waals surface area contributed by atoms with Gasteiger partial charge >= 0.3 is 5.97 Å². The fourth-order valence-electron chi connectivity index (χ4n) is 4.56. The van der Waals surface area contributed by atoms with Crippen LogP contribution in [0.3, 0.4) is 0 Å². The number of aliphatic carboxylic acids is 1. The van der Waals surface area contributed by atoms with Crippen LogP contribution in [0.2, 0.25) is 10.0 Å². The van der Waals surface area contributed by atoms with Crippen LogP contribution in [0.1, 0.15) is 23.7 Å². The zero-order chi connectivity index (χ0) is 29.6. The first-order valence-electron chi connectivity index (χ1n) is 13.0. The number of anilines is 2. The number of thioether (sulfide) groups is 1. The number of carboxylic acids is 1. The largest absolute Gasteiger partial charge is 0.481 e. The quantitative estimate of drug-likeness (QED) is 0.126. The van der Waals surface area contributed by atoms with Crippen LogP contribution in [0.5, 0.6) is 0 Å². The van der Waals surface area contributed by atoms with E-state index in [1.807, 2.05) is 60.0 Å². The van der Waals surface area contributed by atoms with Gasteiger partial charge in [-0.3, -0.25) is 14.4 Å². The molecule has 3 aromatic carbocycles. The number of allylic oxidation sites excluding steroid dienone is 2. The van der Waals surface area contributed by atoms with Gasteiger partial charge in [0.1, 0.15) is 5.25 Å². The van der Waals surface area contributed by atoms with E-state index in [1.54, 1.807) is 30.3 Å². The minimum Gasteiger partial charge on any atom is -0.481 e. The van der Waals surface area contributed by atoms with E-state index in [-0.39, 0.29) is 11.8 Å². The van der Waals surface area contributed by atoms with Crippen molar-refractivity contribution in [1.82, 2.24) is 4.98 Å². The molecule has 42 heavy (non-hydrogen) atoms. The highest BCUT2D eigenvalue weighted by atomic mass is 35.5. The molecule has 0 radical (unpaired) electrons. The molecule has 0 saturated heterocycles. The number of aromatic nitrogens is 1. The smallest absolute Gasteiger partial charge is 0.307 e. The summed E-state index contributed by atoms with van der Waals surface area (Å²) in [5.74, 6) is -2.90. The second-order valence-corrected chi connectivity index (χ2v) is 12.4. The van der Waals surface area contributed by atoms with Gasteiger partial charge in [-0.15, -0.1) is 23.1 Å². The summed E-state index contributed by atoms with van der Waals surface area (Å²) in [5, 5.41) is 17.9. The Hall–Kier alpha value is -3.63. The molecule has 3 N–H and O–H groups in total. The molecule has 1 aliphatic rings. The summed E-state index contributed by atoms with van der Waals surface area (Å²) in [7, 11) is 0. The van der Waals surface area contributed by atoms with Gasteiger partial charge in [0, 0.05) is 21.5 Å². The molecule has 5 rings (SSSR count). The lowest BCUT2D eigenvalue weighted by Crippen LogP contribution is -2.34. The molecule has 4 aromatic rings. The van der Waals surface area contributed by atoms with E-state index >= 15 is 0 Å². The third-order valence-corrected chi connectivity index (χ3v) is 9.52. The number of hydrogen-bond donors (Lipinski definition) is 3. The molecule has 0 fully saturated rings. The lowest BCUT2D eigenvalue weighted by Gasteiger charge is -2.24. The van der Waals surface area contributed by atoms with Gasteiger partial charge in [-0.05, 0) is 54.8 Å². The maximum absolute atomic E-state index is 13.5. The van der Waals surface area contributed by atoms with Crippen molar-refractivity contribution in [2.45, 2.75) is 23.0 Å². The number of rotatable bonds is 9. The molecule has 3 unspecified atom stereocenters. The first kappa shape index (κ1) is 29.8. The van der Waals surface area contributed by atoms with Crippen molar-refractivity contribution >= 4 is 74.9 Å². The molecule has 1 heterocycles. The van der Waals surface area contributed by atoms with Gasteiger partial charge in [0.05, 0.1) is 27.6 Å². The number of carboxylic acid groups (broad SMARTS) is 1. The molecule has 1 aliphatic carbocycles. The molecule has 214 valence electrons. The molecular weight excluding hydrogens is 613 g/mol. The van der Waals surface area contributed by atoms with Crippen molar-refractivity contribution in [3.8, 4) is 11.3 Å². The molecule has 2 amide bonds. The van der Waals surface area contributed by atoms with E-state index in [0.717, 1.165) is 16.0 Å². The average Bonchev–Trinajstić information content (AvgIpc) is 3.46. The first-order chi connectivity index (χ1) is 20.3. The van der Waals surface area contributed by atoms with Crippen LogP contribution in [-0.4, -0.2) is 27.9 Å². The normalized spacial score (nSPS) is 16.9. The number of halogens is 2. The van der Waals surface area contributed by atoms with Crippen molar-refractivity contribution in [3.05, 3.63) is 106 Å². The Balaban J connectivity index is 1.28. The summed E-state index contributed by atoms with van der Waals surface area (Å²) < 4.78 is 0. The monoisotopic (exact) mass is 637 g/mol. The van der Waals surface area contributed by atoms with Crippen LogP contribution >= 0.6 is 46.3 Å². The van der Waals surface area contributed by atoms with Crippen LogP contribution in [0.25, 0.3) is 11.3 Å². The fourth-order valence-corrected chi connectivity index (χ4v) is 6.60. The molecule has 0 bridgehead atoms. The predicted octanol–water partition coefficient (Wildman–Crippen LogP) is 8.19. The first-order valence-corrected chi connectivity index (χ1v) is 15.5. The summed E-state index contributed by atoms with van der Waals surface area (Å²) in [6.45, 7) is 0. The number of amides is 2. The van der Waals surface area contributed by atoms with Crippen molar-refractivity contribution in [2.24, 2.45) is 11.8 Å². The standard InChI is InChI=1S/C31H25Cl2N3O4S2/c32-24-15-10-19(16-25(24)33)26-17-41-31(35-26)36-29(38)27(18-6-2-1-3-7-18)42-21-13-11-20(12-14-21)34-28(37)22-8-4-5-9-23(22)30(39)40/h1-7,10-17,22-23,27H,8-9H2,(H,34,37)(H,39,40)(H,35,36,38). The van der Waals surface area contributed by atoms with Crippen molar-refractivity contribution in [1.29, 1.82) is 0 Å². The molecule has 0 spiro atoms. The van der Waals surface area contributed by atoms with Gasteiger partial charge in [0.2, 0.25) is 11.8 Å². The fraction of sp³-hybridized carbons (Fsp3) is 0.161. The zero-order valence-corrected chi connectivity index (χ0v) is 25.1. The summed E-state index contributed by atoms with van der Waals surface area (Å²) >= 11 is 14.9. The highest BCUT2D eigenvalue weighted by Crippen LogP contribution is 2.38. The van der Waals surface area contributed by atoms with Crippen LogP contribution < -0.4 is 10.6 Å². The van der Waals surface area contributed by atoms with Crippen LogP contribution in [0, 0.1) is 11.8 Å². The van der Waals surface area contributed by atoms with E-state index in [0.29, 0.717) is 39.4 Å². The predicted molar refractivity (Wildman–Crippen MR) is 169 cm³/mol. The zero-order valence-electron chi connectivity index (χ0n) is 22.0. The van der Waals surface area contributed by atoms with Crippen molar-refractivity contribution < 1.29 is 19.5 Å². The molecule has 0 saturated carbocycles. The summed E-state index contributed by atoms with van der Waals surface area (Å²) in [6, 6.07) is 21.8. The van der Waals surface area contributed by atoms with Crippen LogP contribution in [-0.2, 0) is 14.4 Å². The van der Waals surface area contributed by atoms with E-state index < -0.39 is 23.1 Å². The number of benzene rings is 3. The summed E-state index contributed by atoms with van der Waals surface area (Å²) in [5.41, 5.74) is 2.85. The van der Waals surface area contributed by atoms with Crippen LogP contribution in [0.4, 0.5) is 10.8 Å². The van der Waals surface area contributed by atoms with Gasteiger partial charge < -0.3 is 15.7 Å². The number of thiazole rings is 1. The number of nitrogens with zero attached hydrogens (tertiary/aromatic N) is 1. The number of nitrogens with one attached hydrogen (secondary N) is 2. The summed E-state index contributed by atoms with van der Waals surface area (Å²) in [4.78, 5) is 43.3. The lowest BCUT2D eigenvalue weighted by atomic mass is 9.82. The molecule has 1 aromatic heterocycles. The van der Waals surface area contributed by atoms with Crippen molar-refractivity contribution in [3.63, 3.8) is 0 Å². The Morgan fingerprint density at radius 2 is 1.62 bits per heavy atom. The van der Waals surface area contributed by atoms with Gasteiger partial charge in [-0.2, -0.15) is 0 Å². The molecule has 7 nitrogen and oxygen atoms in total. The number of carbonyl (C=O) groups excluding carboxylic acids is 2. The number of hydrogen-bond acceptors (Lipinski definition) is 6. The highest BCUT2D eigenvalue weighted by molar-refractivity contribution is 8.00. The Morgan fingerprint density at radius 1 is 0.905 bits per heavy atom. The molecule has 11 heteroatoms. The van der Waals surface area contributed by atoms with Gasteiger partial charge in [0.25, 0.3) is 0 Å². The van der Waals surface area contributed by atoms with E-state index in [4.69, 9.17) is 23.2 Å². The third kappa shape index (κ3) is 7.22. The third-order valence-electron chi connectivity index (χ3n) is 6.75. The van der Waals surface area contributed by atoms with Gasteiger partial charge in [-0.25, -0.2) is 4.98 Å². The summed E-state index contributed by atoms with van der Waals surface area (Å²) in [6.07, 6.45) is 4.37. The Morgan fingerprint density at radius 3 is 2.31 bits per heavy atom. The van der Waals surface area contributed by atoms with Crippen molar-refractivity contribution in [2.75, 3.05) is 10.6 Å². The average molecular weight is 639 g/mol. The molecule has 0 aliphatic heterocycles. The SMILES string of the molecule is O=C(Nc1nc(-c2ccc(Cl)c(Cl)c2)cs1)C(Sc1ccc(NC(=O)C2CC=CCC2C(=O)O)cc1)c1ccccc1. The minimum absolute atomic E-state index is 0.233. The lowest BCUT2D eigenvalue weighted by molar-refractivity contribution is -0.146.